The third-order valence-corrected chi connectivity index (χ3v) is 5.67. The quantitative estimate of drug-likeness (QED) is 0.606. The van der Waals surface area contributed by atoms with Gasteiger partial charge in [-0.2, -0.15) is 0 Å². The van der Waals surface area contributed by atoms with Crippen LogP contribution in [0.2, 0.25) is 0 Å². The van der Waals surface area contributed by atoms with Gasteiger partial charge in [0.05, 0.1) is 13.7 Å². The minimum atomic E-state index is -1.11. The number of benzene rings is 3. The summed E-state index contributed by atoms with van der Waals surface area (Å²) < 4.78 is 6.23. The fraction of sp³-hybridized carbons (Fsp3) is 0.182. The number of hydrogen-bond donors (Lipinski definition) is 1. The van der Waals surface area contributed by atoms with E-state index in [1.807, 2.05) is 54.6 Å². The first kappa shape index (κ1) is 18.5. The Labute approximate surface area is 171 Å². The molecule has 4 rings (SSSR count). The molecular weight excluding hydrogens is 420 g/mol. The van der Waals surface area contributed by atoms with Crippen molar-refractivity contribution in [2.75, 3.05) is 7.11 Å². The lowest BCUT2D eigenvalue weighted by molar-refractivity contribution is -0.131. The molecule has 0 aliphatic carbocycles. The number of ether oxygens (including phenoxy) is 1. The number of imide groups is 1. The number of nitrogens with zero attached hydrogens (tertiary/aromatic N) is 1. The molecule has 5 nitrogen and oxygen atoms in total. The van der Waals surface area contributed by atoms with Crippen LogP contribution >= 0.6 is 15.9 Å². The SMILES string of the molecule is COc1ccc(Br)cc1CN1C(=O)NC(C)(c2ccc3ccccc3c2)C1=O. The summed E-state index contributed by atoms with van der Waals surface area (Å²) in [4.78, 5) is 27.2. The molecule has 1 N–H and O–H groups in total. The summed E-state index contributed by atoms with van der Waals surface area (Å²) in [5.74, 6) is 0.345. The summed E-state index contributed by atoms with van der Waals surface area (Å²) in [5.41, 5.74) is 0.400. The van der Waals surface area contributed by atoms with Crippen LogP contribution in [0, 0.1) is 0 Å². The van der Waals surface area contributed by atoms with Crippen molar-refractivity contribution in [2.24, 2.45) is 0 Å². The van der Waals surface area contributed by atoms with E-state index in [4.69, 9.17) is 4.74 Å². The van der Waals surface area contributed by atoms with Crippen molar-refractivity contribution < 1.29 is 14.3 Å². The molecule has 6 heteroatoms. The van der Waals surface area contributed by atoms with Gasteiger partial charge in [-0.05, 0) is 47.5 Å². The molecular formula is C22H19BrN2O3. The van der Waals surface area contributed by atoms with Gasteiger partial charge in [0.2, 0.25) is 0 Å². The van der Waals surface area contributed by atoms with E-state index >= 15 is 0 Å². The molecule has 0 aromatic heterocycles. The van der Waals surface area contributed by atoms with E-state index in [0.29, 0.717) is 5.75 Å². The Bertz CT molecular complexity index is 1100. The zero-order valence-corrected chi connectivity index (χ0v) is 17.1. The highest BCUT2D eigenvalue weighted by atomic mass is 79.9. The molecule has 1 aliphatic rings. The molecule has 0 bridgehead atoms. The van der Waals surface area contributed by atoms with Crippen LogP contribution in [-0.2, 0) is 16.9 Å². The molecule has 1 aliphatic heterocycles. The van der Waals surface area contributed by atoms with Crippen molar-refractivity contribution >= 4 is 38.6 Å². The molecule has 28 heavy (non-hydrogen) atoms. The first-order valence-electron chi connectivity index (χ1n) is 8.88. The number of hydrogen-bond acceptors (Lipinski definition) is 3. The van der Waals surface area contributed by atoms with Crippen molar-refractivity contribution in [3.8, 4) is 5.75 Å². The second-order valence-electron chi connectivity index (χ2n) is 6.96. The van der Waals surface area contributed by atoms with E-state index in [-0.39, 0.29) is 12.5 Å². The average Bonchev–Trinajstić information content (AvgIpc) is 2.92. The normalized spacial score (nSPS) is 19.2. The van der Waals surface area contributed by atoms with Gasteiger partial charge in [0.1, 0.15) is 11.3 Å². The Hall–Kier alpha value is -2.86. The number of halogens is 1. The molecule has 0 spiro atoms. The summed E-state index contributed by atoms with van der Waals surface area (Å²) >= 11 is 3.43. The zero-order chi connectivity index (χ0) is 19.9. The lowest BCUT2D eigenvalue weighted by Gasteiger charge is -2.23. The smallest absolute Gasteiger partial charge is 0.325 e. The van der Waals surface area contributed by atoms with Crippen molar-refractivity contribution in [1.29, 1.82) is 0 Å². The third kappa shape index (κ3) is 3.03. The Morgan fingerprint density at radius 3 is 2.54 bits per heavy atom. The van der Waals surface area contributed by atoms with E-state index in [2.05, 4.69) is 21.2 Å². The first-order valence-corrected chi connectivity index (χ1v) is 9.67. The van der Waals surface area contributed by atoms with E-state index < -0.39 is 11.6 Å². The minimum Gasteiger partial charge on any atom is -0.496 e. The van der Waals surface area contributed by atoms with Crippen LogP contribution in [0.25, 0.3) is 10.8 Å². The molecule has 3 aromatic carbocycles. The van der Waals surface area contributed by atoms with Crippen LogP contribution < -0.4 is 10.1 Å². The van der Waals surface area contributed by atoms with E-state index in [0.717, 1.165) is 26.4 Å². The topological polar surface area (TPSA) is 58.6 Å². The van der Waals surface area contributed by atoms with Gasteiger partial charge in [0.25, 0.3) is 5.91 Å². The Kier molecular flexibility index (Phi) is 4.59. The second-order valence-corrected chi connectivity index (χ2v) is 7.88. The largest absolute Gasteiger partial charge is 0.496 e. The molecule has 0 saturated carbocycles. The lowest BCUT2D eigenvalue weighted by atomic mass is 9.90. The minimum absolute atomic E-state index is 0.135. The maximum atomic E-state index is 13.3. The van der Waals surface area contributed by atoms with Crippen LogP contribution in [0.3, 0.4) is 0 Å². The molecule has 1 atom stereocenters. The van der Waals surface area contributed by atoms with E-state index in [9.17, 15) is 9.59 Å². The number of amides is 3. The predicted molar refractivity (Wildman–Crippen MR) is 111 cm³/mol. The predicted octanol–water partition coefficient (Wildman–Crippen LogP) is 4.58. The molecule has 1 heterocycles. The summed E-state index contributed by atoms with van der Waals surface area (Å²) in [7, 11) is 1.57. The zero-order valence-electron chi connectivity index (χ0n) is 15.5. The number of methoxy groups -OCH3 is 1. The second kappa shape index (κ2) is 6.95. The number of rotatable bonds is 4. The number of fused-ring (bicyclic) bond motifs is 1. The van der Waals surface area contributed by atoms with Crippen molar-refractivity contribution in [3.63, 3.8) is 0 Å². The van der Waals surface area contributed by atoms with Crippen LogP contribution in [0.15, 0.2) is 65.1 Å². The van der Waals surface area contributed by atoms with Gasteiger partial charge < -0.3 is 10.1 Å². The van der Waals surface area contributed by atoms with Crippen LogP contribution in [0.5, 0.6) is 5.75 Å². The average molecular weight is 439 g/mol. The highest BCUT2D eigenvalue weighted by Gasteiger charge is 2.49. The summed E-state index contributed by atoms with van der Waals surface area (Å²) in [6, 6.07) is 18.8. The van der Waals surface area contributed by atoms with Gasteiger partial charge in [-0.3, -0.25) is 9.69 Å². The van der Waals surface area contributed by atoms with Gasteiger partial charge in [0.15, 0.2) is 0 Å². The maximum Gasteiger partial charge on any atom is 0.325 e. The summed E-state index contributed by atoms with van der Waals surface area (Å²) in [6.07, 6.45) is 0. The molecule has 1 fully saturated rings. The van der Waals surface area contributed by atoms with Crippen molar-refractivity contribution in [2.45, 2.75) is 19.0 Å². The lowest BCUT2D eigenvalue weighted by Crippen LogP contribution is -2.40. The van der Waals surface area contributed by atoms with Crippen molar-refractivity contribution in [3.05, 3.63) is 76.3 Å². The van der Waals surface area contributed by atoms with Gasteiger partial charge in [-0.1, -0.05) is 52.3 Å². The van der Waals surface area contributed by atoms with Gasteiger partial charge in [-0.15, -0.1) is 0 Å². The number of carbonyl (C=O) groups is 2. The van der Waals surface area contributed by atoms with Gasteiger partial charge in [0, 0.05) is 10.0 Å². The number of carbonyl (C=O) groups excluding carboxylic acids is 2. The fourth-order valence-corrected chi connectivity index (χ4v) is 3.99. The highest BCUT2D eigenvalue weighted by molar-refractivity contribution is 9.10. The Morgan fingerprint density at radius 2 is 1.79 bits per heavy atom. The van der Waals surface area contributed by atoms with Gasteiger partial charge >= 0.3 is 6.03 Å². The molecule has 3 aromatic rings. The highest BCUT2D eigenvalue weighted by Crippen LogP contribution is 2.33. The maximum absolute atomic E-state index is 13.3. The molecule has 1 saturated heterocycles. The van der Waals surface area contributed by atoms with Crippen LogP contribution in [-0.4, -0.2) is 23.9 Å². The standard InChI is InChI=1S/C22H19BrN2O3/c1-22(17-8-7-14-5-3-4-6-15(14)11-17)20(26)25(21(27)24-22)13-16-12-18(23)9-10-19(16)28-2/h3-12H,13H2,1-2H3,(H,24,27). The van der Waals surface area contributed by atoms with Gasteiger partial charge in [-0.25, -0.2) is 4.79 Å². The van der Waals surface area contributed by atoms with E-state index in [1.165, 1.54) is 4.90 Å². The molecule has 142 valence electrons. The van der Waals surface area contributed by atoms with E-state index in [1.54, 1.807) is 20.1 Å². The van der Waals surface area contributed by atoms with Crippen LogP contribution in [0.1, 0.15) is 18.1 Å². The van der Waals surface area contributed by atoms with Crippen LogP contribution in [0.4, 0.5) is 4.79 Å². The molecule has 0 radical (unpaired) electrons. The molecule has 1 unspecified atom stereocenters. The first-order chi connectivity index (χ1) is 13.4. The Morgan fingerprint density at radius 1 is 1.04 bits per heavy atom. The monoisotopic (exact) mass is 438 g/mol. The molecule has 3 amide bonds. The number of urea groups is 1. The number of nitrogens with one attached hydrogen (secondary N) is 1. The third-order valence-electron chi connectivity index (χ3n) is 5.17. The summed E-state index contributed by atoms with van der Waals surface area (Å²) in [6.45, 7) is 1.88. The summed E-state index contributed by atoms with van der Waals surface area (Å²) in [5, 5.41) is 4.98. The Balaban J connectivity index is 1.69. The fourth-order valence-electron chi connectivity index (χ4n) is 3.58. The van der Waals surface area contributed by atoms with Crippen molar-refractivity contribution in [1.82, 2.24) is 10.2 Å².